The van der Waals surface area contributed by atoms with Crippen LogP contribution in [-0.4, -0.2) is 80.4 Å². The fourth-order valence-electron chi connectivity index (χ4n) is 4.02. The van der Waals surface area contributed by atoms with Crippen molar-refractivity contribution in [1.82, 2.24) is 29.5 Å². The van der Waals surface area contributed by atoms with Crippen molar-refractivity contribution in [2.75, 3.05) is 39.0 Å². The van der Waals surface area contributed by atoms with Crippen molar-refractivity contribution in [3.8, 4) is 22.8 Å². The number of methoxy groups -OCH3 is 1. The number of carbonyl (C=O) groups is 2. The zero-order chi connectivity index (χ0) is 24.9. The minimum Gasteiger partial charge on any atom is -0.495 e. The number of hydrogen-bond donors (Lipinski definition) is 0. The zero-order valence-electron chi connectivity index (χ0n) is 19.6. The lowest BCUT2D eigenvalue weighted by molar-refractivity contribution is -0.129. The van der Waals surface area contributed by atoms with Crippen LogP contribution in [-0.2, 0) is 4.79 Å². The predicted molar refractivity (Wildman–Crippen MR) is 133 cm³/mol. The van der Waals surface area contributed by atoms with Gasteiger partial charge in [-0.1, -0.05) is 23.9 Å². The first-order valence-corrected chi connectivity index (χ1v) is 12.4. The van der Waals surface area contributed by atoms with E-state index in [1.807, 2.05) is 41.0 Å². The van der Waals surface area contributed by atoms with Crippen LogP contribution < -0.4 is 4.74 Å². The van der Waals surface area contributed by atoms with Gasteiger partial charge in [0.1, 0.15) is 5.75 Å². The van der Waals surface area contributed by atoms with E-state index in [0.717, 1.165) is 11.3 Å². The molecular weight excluding hydrogens is 480 g/mol. The highest BCUT2D eigenvalue weighted by atomic mass is 32.2. The number of carbonyl (C=O) groups excluding carboxylic acids is 2. The number of amides is 2. The van der Waals surface area contributed by atoms with Crippen LogP contribution in [0.25, 0.3) is 17.1 Å². The van der Waals surface area contributed by atoms with E-state index in [1.54, 1.807) is 41.4 Å². The number of para-hydroxylation sites is 2. The molecule has 0 atom stereocenters. The summed E-state index contributed by atoms with van der Waals surface area (Å²) in [4.78, 5) is 33.1. The van der Waals surface area contributed by atoms with Crippen molar-refractivity contribution in [1.29, 1.82) is 0 Å². The SMILES string of the molecule is COc1ccccc1-n1c(SCC(=O)N2CCN(C(=O)c3ccco3)CC2)nnc1-c1ccncc1. The number of thioether (sulfide) groups is 1. The zero-order valence-corrected chi connectivity index (χ0v) is 20.4. The monoisotopic (exact) mass is 504 g/mol. The molecule has 36 heavy (non-hydrogen) atoms. The van der Waals surface area contributed by atoms with Gasteiger partial charge in [-0.2, -0.15) is 0 Å². The summed E-state index contributed by atoms with van der Waals surface area (Å²) < 4.78 is 12.7. The smallest absolute Gasteiger partial charge is 0.289 e. The maximum atomic E-state index is 13.0. The van der Waals surface area contributed by atoms with Crippen molar-refractivity contribution in [2.24, 2.45) is 0 Å². The molecule has 184 valence electrons. The number of ether oxygens (including phenoxy) is 1. The van der Waals surface area contributed by atoms with Crippen LogP contribution in [0.3, 0.4) is 0 Å². The number of aromatic nitrogens is 4. The minimum atomic E-state index is -0.157. The average Bonchev–Trinajstić information content (AvgIpc) is 3.62. The second-order valence-electron chi connectivity index (χ2n) is 7.99. The largest absolute Gasteiger partial charge is 0.495 e. The molecular formula is C25H24N6O4S. The average molecular weight is 505 g/mol. The van der Waals surface area contributed by atoms with Gasteiger partial charge in [0.2, 0.25) is 5.91 Å². The molecule has 0 aliphatic carbocycles. The van der Waals surface area contributed by atoms with Crippen LogP contribution in [0.4, 0.5) is 0 Å². The first-order valence-electron chi connectivity index (χ1n) is 11.4. The van der Waals surface area contributed by atoms with Gasteiger partial charge in [-0.3, -0.25) is 19.1 Å². The Bertz CT molecular complexity index is 1330. The van der Waals surface area contributed by atoms with Crippen LogP contribution in [0.2, 0.25) is 0 Å². The Labute approximate surface area is 211 Å². The highest BCUT2D eigenvalue weighted by Gasteiger charge is 2.27. The summed E-state index contributed by atoms with van der Waals surface area (Å²) in [5.41, 5.74) is 1.62. The second kappa shape index (κ2) is 10.6. The molecule has 0 saturated carbocycles. The van der Waals surface area contributed by atoms with Gasteiger partial charge in [0, 0.05) is 44.1 Å². The molecule has 11 heteroatoms. The van der Waals surface area contributed by atoms with Gasteiger partial charge in [0.15, 0.2) is 16.7 Å². The topological polar surface area (TPSA) is 107 Å². The van der Waals surface area contributed by atoms with E-state index in [-0.39, 0.29) is 17.6 Å². The minimum absolute atomic E-state index is 0.0230. The van der Waals surface area contributed by atoms with Crippen molar-refractivity contribution in [2.45, 2.75) is 5.16 Å². The standard InChI is InChI=1S/C25H24N6O4S/c1-34-20-6-3-2-5-19(20)31-23(18-8-10-26-11-9-18)27-28-25(31)36-17-22(32)29-12-14-30(15-13-29)24(33)21-7-4-16-35-21/h2-11,16H,12-15,17H2,1H3. The third-order valence-corrected chi connectivity index (χ3v) is 6.79. The van der Waals surface area contributed by atoms with E-state index in [2.05, 4.69) is 15.2 Å². The Morgan fingerprint density at radius 2 is 1.72 bits per heavy atom. The molecule has 4 aromatic rings. The Morgan fingerprint density at radius 1 is 0.972 bits per heavy atom. The maximum Gasteiger partial charge on any atom is 0.289 e. The number of pyridine rings is 1. The summed E-state index contributed by atoms with van der Waals surface area (Å²) in [6, 6.07) is 14.7. The summed E-state index contributed by atoms with van der Waals surface area (Å²) >= 11 is 1.31. The number of piperazine rings is 1. The molecule has 5 rings (SSSR count). The first-order chi connectivity index (χ1) is 17.7. The van der Waals surface area contributed by atoms with Gasteiger partial charge < -0.3 is 19.0 Å². The summed E-state index contributed by atoms with van der Waals surface area (Å²) in [7, 11) is 1.61. The summed E-state index contributed by atoms with van der Waals surface area (Å²) in [6.45, 7) is 1.85. The van der Waals surface area contributed by atoms with E-state index in [4.69, 9.17) is 9.15 Å². The molecule has 1 saturated heterocycles. The Kier molecular flexibility index (Phi) is 6.99. The van der Waals surface area contributed by atoms with Crippen LogP contribution in [0.15, 0.2) is 76.8 Å². The van der Waals surface area contributed by atoms with Crippen molar-refractivity contribution >= 4 is 23.6 Å². The van der Waals surface area contributed by atoms with Crippen LogP contribution in [0.1, 0.15) is 10.6 Å². The molecule has 0 unspecified atom stereocenters. The van der Waals surface area contributed by atoms with Crippen molar-refractivity contribution in [3.63, 3.8) is 0 Å². The quantitative estimate of drug-likeness (QED) is 0.354. The van der Waals surface area contributed by atoms with Crippen LogP contribution in [0, 0.1) is 0 Å². The summed E-state index contributed by atoms with van der Waals surface area (Å²) in [5, 5.41) is 9.38. The lowest BCUT2D eigenvalue weighted by Gasteiger charge is -2.34. The van der Waals surface area contributed by atoms with Gasteiger partial charge >= 0.3 is 0 Å². The fraction of sp³-hybridized carbons (Fsp3) is 0.240. The first kappa shape index (κ1) is 23.6. The molecule has 4 heterocycles. The molecule has 0 radical (unpaired) electrons. The van der Waals surface area contributed by atoms with Gasteiger partial charge in [0.25, 0.3) is 5.91 Å². The van der Waals surface area contributed by atoms with E-state index in [1.165, 1.54) is 18.0 Å². The number of furan rings is 1. The molecule has 0 bridgehead atoms. The van der Waals surface area contributed by atoms with Crippen LogP contribution in [0.5, 0.6) is 5.75 Å². The van der Waals surface area contributed by atoms with Crippen LogP contribution >= 0.6 is 11.8 Å². The Balaban J connectivity index is 1.30. The Morgan fingerprint density at radius 3 is 2.44 bits per heavy atom. The third-order valence-electron chi connectivity index (χ3n) is 5.87. The van der Waals surface area contributed by atoms with Gasteiger partial charge in [0.05, 0.1) is 24.8 Å². The van der Waals surface area contributed by atoms with Crippen molar-refractivity contribution < 1.29 is 18.7 Å². The normalized spacial score (nSPS) is 13.6. The number of benzene rings is 1. The van der Waals surface area contributed by atoms with E-state index in [0.29, 0.717) is 48.7 Å². The summed E-state index contributed by atoms with van der Waals surface area (Å²) in [6.07, 6.45) is 4.88. The predicted octanol–water partition coefficient (Wildman–Crippen LogP) is 3.01. The van der Waals surface area contributed by atoms with Crippen molar-refractivity contribution in [3.05, 3.63) is 72.9 Å². The van der Waals surface area contributed by atoms with E-state index < -0.39 is 0 Å². The molecule has 1 fully saturated rings. The lowest BCUT2D eigenvalue weighted by atomic mass is 10.2. The Hall–Kier alpha value is -4.12. The maximum absolute atomic E-state index is 13.0. The van der Waals surface area contributed by atoms with Gasteiger partial charge in [-0.25, -0.2) is 0 Å². The third kappa shape index (κ3) is 4.82. The molecule has 3 aromatic heterocycles. The molecule has 2 amide bonds. The second-order valence-corrected chi connectivity index (χ2v) is 8.93. The highest BCUT2D eigenvalue weighted by Crippen LogP contribution is 2.32. The van der Waals surface area contributed by atoms with E-state index >= 15 is 0 Å². The van der Waals surface area contributed by atoms with E-state index in [9.17, 15) is 9.59 Å². The number of nitrogens with zero attached hydrogens (tertiary/aromatic N) is 6. The molecule has 0 spiro atoms. The molecule has 1 aliphatic rings. The van der Waals surface area contributed by atoms with Gasteiger partial charge in [-0.05, 0) is 36.4 Å². The molecule has 0 N–H and O–H groups in total. The molecule has 10 nitrogen and oxygen atoms in total. The molecule has 1 aliphatic heterocycles. The summed E-state index contributed by atoms with van der Waals surface area (Å²) in [5.74, 6) is 1.61. The fourth-order valence-corrected chi connectivity index (χ4v) is 4.86. The highest BCUT2D eigenvalue weighted by molar-refractivity contribution is 7.99. The lowest BCUT2D eigenvalue weighted by Crippen LogP contribution is -2.51. The van der Waals surface area contributed by atoms with Gasteiger partial charge in [-0.15, -0.1) is 10.2 Å². The number of rotatable bonds is 7. The molecule has 1 aromatic carbocycles. The number of hydrogen-bond acceptors (Lipinski definition) is 8.